The first-order chi connectivity index (χ1) is 8.19. The van der Waals surface area contributed by atoms with E-state index < -0.39 is 17.4 Å². The first-order valence-corrected chi connectivity index (χ1v) is 5.48. The Morgan fingerprint density at radius 3 is 2.71 bits per heavy atom. The highest BCUT2D eigenvalue weighted by molar-refractivity contribution is 6.03. The molecule has 90 valence electrons. The summed E-state index contributed by atoms with van der Waals surface area (Å²) in [6.07, 6.45) is 3.99. The van der Waals surface area contributed by atoms with E-state index in [-0.39, 0.29) is 6.61 Å². The van der Waals surface area contributed by atoms with Crippen molar-refractivity contribution in [1.82, 2.24) is 4.98 Å². The predicted molar refractivity (Wildman–Crippen MR) is 58.2 cm³/mol. The fourth-order valence-electron chi connectivity index (χ4n) is 1.50. The van der Waals surface area contributed by atoms with Crippen LogP contribution in [-0.4, -0.2) is 23.5 Å². The topological polar surface area (TPSA) is 65.5 Å². The van der Waals surface area contributed by atoms with E-state index in [0.717, 1.165) is 0 Å². The average molecular weight is 235 g/mol. The number of hydrogen-bond acceptors (Lipinski definition) is 5. The smallest absolute Gasteiger partial charge is 0.328 e. The molecule has 0 bridgehead atoms. The average Bonchev–Trinajstić information content (AvgIpc) is 3.12. The van der Waals surface area contributed by atoms with E-state index in [1.54, 1.807) is 25.3 Å². The molecule has 5 nitrogen and oxygen atoms in total. The molecule has 1 saturated carbocycles. The van der Waals surface area contributed by atoms with Crippen LogP contribution in [0.25, 0.3) is 0 Å². The van der Waals surface area contributed by atoms with Gasteiger partial charge in [-0.1, -0.05) is 0 Å². The van der Waals surface area contributed by atoms with Crippen molar-refractivity contribution in [3.63, 3.8) is 0 Å². The molecular weight excluding hydrogens is 222 g/mol. The van der Waals surface area contributed by atoms with Crippen LogP contribution in [0.5, 0.6) is 5.75 Å². The normalized spacial score (nSPS) is 16.1. The number of ether oxygens (including phenoxy) is 2. The van der Waals surface area contributed by atoms with Crippen LogP contribution in [0.3, 0.4) is 0 Å². The van der Waals surface area contributed by atoms with Crippen LogP contribution in [0, 0.1) is 5.41 Å². The standard InChI is InChI=1S/C12H13NO4/c1-2-16-10(14)12(5-6-12)11(15)17-9-4-3-7-13-8-9/h3-4,7-8H,2,5-6H2,1H3. The van der Waals surface area contributed by atoms with Crippen LogP contribution in [0.2, 0.25) is 0 Å². The van der Waals surface area contributed by atoms with E-state index in [4.69, 9.17) is 9.47 Å². The van der Waals surface area contributed by atoms with Gasteiger partial charge in [-0.3, -0.25) is 14.6 Å². The Labute approximate surface area is 98.7 Å². The van der Waals surface area contributed by atoms with E-state index in [1.807, 2.05) is 0 Å². The zero-order valence-electron chi connectivity index (χ0n) is 9.51. The van der Waals surface area contributed by atoms with Crippen molar-refractivity contribution < 1.29 is 19.1 Å². The van der Waals surface area contributed by atoms with Gasteiger partial charge in [0.05, 0.1) is 12.8 Å². The van der Waals surface area contributed by atoms with Crippen molar-refractivity contribution in [2.45, 2.75) is 19.8 Å². The molecule has 1 fully saturated rings. The predicted octanol–water partition coefficient (Wildman–Crippen LogP) is 1.33. The van der Waals surface area contributed by atoms with Crippen molar-refractivity contribution in [2.75, 3.05) is 6.61 Å². The van der Waals surface area contributed by atoms with Crippen molar-refractivity contribution >= 4 is 11.9 Å². The number of nitrogens with zero attached hydrogens (tertiary/aromatic N) is 1. The van der Waals surface area contributed by atoms with Crippen molar-refractivity contribution in [2.24, 2.45) is 5.41 Å². The fraction of sp³-hybridized carbons (Fsp3) is 0.417. The lowest BCUT2D eigenvalue weighted by Crippen LogP contribution is -2.31. The highest BCUT2D eigenvalue weighted by atomic mass is 16.6. The highest BCUT2D eigenvalue weighted by Crippen LogP contribution is 2.47. The second kappa shape index (κ2) is 4.53. The minimum absolute atomic E-state index is 0.265. The van der Waals surface area contributed by atoms with Gasteiger partial charge >= 0.3 is 11.9 Å². The highest BCUT2D eigenvalue weighted by Gasteiger charge is 2.59. The van der Waals surface area contributed by atoms with Crippen LogP contribution in [-0.2, 0) is 14.3 Å². The molecule has 1 aliphatic carbocycles. The SMILES string of the molecule is CCOC(=O)C1(C(=O)Oc2cccnc2)CC1. The van der Waals surface area contributed by atoms with Crippen LogP contribution >= 0.6 is 0 Å². The molecule has 2 rings (SSSR count). The zero-order chi connectivity index (χ0) is 12.3. The summed E-state index contributed by atoms with van der Waals surface area (Å²) < 4.78 is 9.98. The van der Waals surface area contributed by atoms with E-state index >= 15 is 0 Å². The van der Waals surface area contributed by atoms with Crippen LogP contribution in [0.15, 0.2) is 24.5 Å². The molecule has 0 amide bonds. The Morgan fingerprint density at radius 2 is 2.18 bits per heavy atom. The molecule has 5 heteroatoms. The van der Waals surface area contributed by atoms with Crippen LogP contribution < -0.4 is 4.74 Å². The molecular formula is C12H13NO4. The van der Waals surface area contributed by atoms with E-state index in [2.05, 4.69) is 4.98 Å². The lowest BCUT2D eigenvalue weighted by molar-refractivity contribution is -0.159. The maximum Gasteiger partial charge on any atom is 0.328 e. The molecule has 0 saturated heterocycles. The Hall–Kier alpha value is -1.91. The van der Waals surface area contributed by atoms with Gasteiger partial charge in [0.1, 0.15) is 5.75 Å². The largest absolute Gasteiger partial charge is 0.465 e. The third kappa shape index (κ3) is 2.27. The molecule has 17 heavy (non-hydrogen) atoms. The Morgan fingerprint density at radius 1 is 1.41 bits per heavy atom. The molecule has 1 heterocycles. The number of carbonyl (C=O) groups is 2. The molecule has 0 spiro atoms. The Kier molecular flexibility index (Phi) is 3.08. The maximum atomic E-state index is 11.9. The van der Waals surface area contributed by atoms with E-state index in [0.29, 0.717) is 18.6 Å². The van der Waals surface area contributed by atoms with Gasteiger partial charge in [0, 0.05) is 6.20 Å². The maximum absolute atomic E-state index is 11.9. The second-order valence-electron chi connectivity index (χ2n) is 3.88. The summed E-state index contributed by atoms with van der Waals surface area (Å²) in [5.74, 6) is -0.703. The minimum Gasteiger partial charge on any atom is -0.465 e. The van der Waals surface area contributed by atoms with Gasteiger partial charge in [0.15, 0.2) is 5.41 Å². The summed E-state index contributed by atoms with van der Waals surface area (Å²) in [6.45, 7) is 1.97. The molecule has 0 radical (unpaired) electrons. The Bertz CT molecular complexity index is 425. The van der Waals surface area contributed by atoms with Gasteiger partial charge in [-0.2, -0.15) is 0 Å². The lowest BCUT2D eigenvalue weighted by atomic mass is 10.1. The van der Waals surface area contributed by atoms with Gasteiger partial charge in [-0.15, -0.1) is 0 Å². The van der Waals surface area contributed by atoms with E-state index in [9.17, 15) is 9.59 Å². The molecule has 0 N–H and O–H groups in total. The van der Waals surface area contributed by atoms with Crippen LogP contribution in [0.4, 0.5) is 0 Å². The molecule has 0 aromatic carbocycles. The van der Waals surface area contributed by atoms with Gasteiger partial charge in [-0.25, -0.2) is 0 Å². The summed E-state index contributed by atoms with van der Waals surface area (Å²) in [5, 5.41) is 0. The first-order valence-electron chi connectivity index (χ1n) is 5.48. The van der Waals surface area contributed by atoms with Gasteiger partial charge < -0.3 is 9.47 Å². The van der Waals surface area contributed by atoms with Crippen molar-refractivity contribution in [3.05, 3.63) is 24.5 Å². The Balaban J connectivity index is 2.03. The first kappa shape index (κ1) is 11.6. The lowest BCUT2D eigenvalue weighted by Gasteiger charge is -2.12. The molecule has 0 atom stereocenters. The second-order valence-corrected chi connectivity index (χ2v) is 3.88. The third-order valence-electron chi connectivity index (χ3n) is 2.65. The number of carbonyl (C=O) groups excluding carboxylic acids is 2. The zero-order valence-corrected chi connectivity index (χ0v) is 9.51. The number of rotatable bonds is 4. The summed E-state index contributed by atoms with van der Waals surface area (Å²) in [4.78, 5) is 27.3. The van der Waals surface area contributed by atoms with Gasteiger partial charge in [0.2, 0.25) is 0 Å². The molecule has 1 aliphatic rings. The summed E-state index contributed by atoms with van der Waals surface area (Å²) in [5.41, 5.74) is -1.08. The number of esters is 2. The monoisotopic (exact) mass is 235 g/mol. The van der Waals surface area contributed by atoms with Crippen LogP contribution in [0.1, 0.15) is 19.8 Å². The third-order valence-corrected chi connectivity index (χ3v) is 2.65. The molecule has 0 unspecified atom stereocenters. The minimum atomic E-state index is -1.08. The van der Waals surface area contributed by atoms with Crippen molar-refractivity contribution in [1.29, 1.82) is 0 Å². The molecule has 1 aromatic rings. The van der Waals surface area contributed by atoms with E-state index in [1.165, 1.54) is 6.20 Å². The van der Waals surface area contributed by atoms with Gasteiger partial charge in [-0.05, 0) is 31.9 Å². The fourth-order valence-corrected chi connectivity index (χ4v) is 1.50. The quantitative estimate of drug-likeness (QED) is 0.582. The van der Waals surface area contributed by atoms with Crippen molar-refractivity contribution in [3.8, 4) is 5.75 Å². The van der Waals surface area contributed by atoms with Gasteiger partial charge in [0.25, 0.3) is 0 Å². The summed E-state index contributed by atoms with van der Waals surface area (Å²) in [6, 6.07) is 3.28. The summed E-state index contributed by atoms with van der Waals surface area (Å²) in [7, 11) is 0. The molecule has 1 aromatic heterocycles. The number of hydrogen-bond donors (Lipinski definition) is 0. The summed E-state index contributed by atoms with van der Waals surface area (Å²) >= 11 is 0. The number of aromatic nitrogens is 1. The molecule has 0 aliphatic heterocycles. The number of pyridine rings is 1.